The second-order valence-electron chi connectivity index (χ2n) is 9.79. The van der Waals surface area contributed by atoms with Gasteiger partial charge in [0.15, 0.2) is 0 Å². The maximum absolute atomic E-state index is 13.3. The van der Waals surface area contributed by atoms with Crippen molar-refractivity contribution >= 4 is 39.9 Å². The van der Waals surface area contributed by atoms with Crippen LogP contribution in [0.4, 0.5) is 11.4 Å². The first-order valence-electron chi connectivity index (χ1n) is 12.7. The molecule has 6 rings (SSSR count). The Morgan fingerprint density at radius 1 is 0.842 bits per heavy atom. The molecule has 6 heteroatoms. The van der Waals surface area contributed by atoms with Crippen LogP contribution in [0, 0.1) is 11.8 Å². The number of fused-ring (bicyclic) bond motifs is 2. The number of para-hydroxylation sites is 1. The summed E-state index contributed by atoms with van der Waals surface area (Å²) >= 11 is 0. The molecule has 188 valence electrons. The quantitative estimate of drug-likeness (QED) is 0.243. The highest BCUT2D eigenvalue weighted by atomic mass is 16.5. The standard InChI is InChI=1S/C32H26N2O4/c1-20-13-18-25-27(19-20)32(37)34(31(25)36)28-11-5-4-10-26(28)30(35)33-22-14-16-23(17-15-22)38-29-12-6-8-21-7-2-3-9-24(21)29/h2-17,25,27H,18-19H2,1H3,(H,33,35)/t25-,27-/m0/s1. The van der Waals surface area contributed by atoms with Crippen LogP contribution in [-0.4, -0.2) is 17.7 Å². The summed E-state index contributed by atoms with van der Waals surface area (Å²) < 4.78 is 6.10. The Morgan fingerprint density at radius 3 is 2.39 bits per heavy atom. The summed E-state index contributed by atoms with van der Waals surface area (Å²) in [4.78, 5) is 40.9. The summed E-state index contributed by atoms with van der Waals surface area (Å²) in [6.07, 6.45) is 3.16. The summed E-state index contributed by atoms with van der Waals surface area (Å²) in [5, 5.41) is 4.99. The minimum atomic E-state index is -0.395. The van der Waals surface area contributed by atoms with E-state index in [2.05, 4.69) is 5.32 Å². The molecule has 0 bridgehead atoms. The van der Waals surface area contributed by atoms with E-state index in [4.69, 9.17) is 4.74 Å². The largest absolute Gasteiger partial charge is 0.457 e. The van der Waals surface area contributed by atoms with Gasteiger partial charge in [0.2, 0.25) is 11.8 Å². The minimum absolute atomic E-state index is 0.234. The van der Waals surface area contributed by atoms with E-state index in [1.165, 1.54) is 4.90 Å². The number of anilines is 2. The molecule has 1 saturated heterocycles. The number of rotatable bonds is 5. The fourth-order valence-corrected chi connectivity index (χ4v) is 5.35. The lowest BCUT2D eigenvalue weighted by atomic mass is 9.82. The number of hydrogen-bond acceptors (Lipinski definition) is 4. The number of nitrogens with zero attached hydrogens (tertiary/aromatic N) is 1. The predicted octanol–water partition coefficient (Wildman–Crippen LogP) is 6.73. The third-order valence-electron chi connectivity index (χ3n) is 7.30. The molecule has 2 atom stereocenters. The fraction of sp³-hybridized carbons (Fsp3) is 0.156. The van der Waals surface area contributed by atoms with Gasteiger partial charge in [0, 0.05) is 11.1 Å². The molecule has 0 aromatic heterocycles. The van der Waals surface area contributed by atoms with Gasteiger partial charge in [-0.15, -0.1) is 0 Å². The summed E-state index contributed by atoms with van der Waals surface area (Å²) in [6, 6.07) is 27.8. The van der Waals surface area contributed by atoms with Crippen LogP contribution in [0.3, 0.4) is 0 Å². The molecule has 0 spiro atoms. The maximum Gasteiger partial charge on any atom is 0.257 e. The van der Waals surface area contributed by atoms with Crippen LogP contribution in [0.1, 0.15) is 30.1 Å². The number of carbonyl (C=O) groups excluding carboxylic acids is 3. The number of amides is 3. The Hall–Kier alpha value is -4.71. The number of benzene rings is 4. The lowest BCUT2D eigenvalue weighted by molar-refractivity contribution is -0.122. The van der Waals surface area contributed by atoms with Gasteiger partial charge in [0.05, 0.1) is 23.1 Å². The van der Waals surface area contributed by atoms with Crippen molar-refractivity contribution in [2.75, 3.05) is 10.2 Å². The minimum Gasteiger partial charge on any atom is -0.457 e. The second-order valence-corrected chi connectivity index (χ2v) is 9.79. The van der Waals surface area contributed by atoms with Gasteiger partial charge < -0.3 is 10.1 Å². The number of allylic oxidation sites excluding steroid dienone is 2. The number of nitrogens with one attached hydrogen (secondary N) is 1. The Balaban J connectivity index is 1.20. The molecule has 4 aromatic rings. The van der Waals surface area contributed by atoms with Gasteiger partial charge in [-0.05, 0) is 67.6 Å². The van der Waals surface area contributed by atoms with Gasteiger partial charge in [-0.25, -0.2) is 4.90 Å². The number of hydrogen-bond donors (Lipinski definition) is 1. The Labute approximate surface area is 220 Å². The highest BCUT2D eigenvalue weighted by Gasteiger charge is 2.49. The first kappa shape index (κ1) is 23.7. The predicted molar refractivity (Wildman–Crippen MR) is 147 cm³/mol. The van der Waals surface area contributed by atoms with E-state index >= 15 is 0 Å². The van der Waals surface area contributed by atoms with Crippen LogP contribution in [-0.2, 0) is 9.59 Å². The number of ether oxygens (including phenoxy) is 1. The van der Waals surface area contributed by atoms with Gasteiger partial charge in [-0.1, -0.05) is 60.2 Å². The summed E-state index contributed by atoms with van der Waals surface area (Å²) in [5.74, 6) is -0.205. The van der Waals surface area contributed by atoms with Crippen molar-refractivity contribution in [1.82, 2.24) is 0 Å². The average Bonchev–Trinajstić information content (AvgIpc) is 3.18. The van der Waals surface area contributed by atoms with E-state index in [1.807, 2.05) is 55.5 Å². The molecule has 1 aliphatic heterocycles. The smallest absolute Gasteiger partial charge is 0.257 e. The molecule has 1 N–H and O–H groups in total. The summed E-state index contributed by atoms with van der Waals surface area (Å²) in [5.41, 5.74) is 2.28. The zero-order valence-corrected chi connectivity index (χ0v) is 20.9. The topological polar surface area (TPSA) is 75.7 Å². The molecule has 4 aromatic carbocycles. The molecule has 38 heavy (non-hydrogen) atoms. The highest BCUT2D eigenvalue weighted by Crippen LogP contribution is 2.40. The van der Waals surface area contributed by atoms with Gasteiger partial charge >= 0.3 is 0 Å². The van der Waals surface area contributed by atoms with Crippen LogP contribution in [0.15, 0.2) is 103 Å². The molecular weight excluding hydrogens is 476 g/mol. The van der Waals surface area contributed by atoms with Gasteiger partial charge in [-0.2, -0.15) is 0 Å². The lowest BCUT2D eigenvalue weighted by Gasteiger charge is -2.19. The third kappa shape index (κ3) is 4.24. The fourth-order valence-electron chi connectivity index (χ4n) is 5.35. The molecule has 1 aliphatic carbocycles. The van der Waals surface area contributed by atoms with Crippen LogP contribution < -0.4 is 15.0 Å². The Kier molecular flexibility index (Phi) is 6.00. The van der Waals surface area contributed by atoms with Gasteiger partial charge in [0.1, 0.15) is 11.5 Å². The Morgan fingerprint density at radius 2 is 1.55 bits per heavy atom. The van der Waals surface area contributed by atoms with Crippen molar-refractivity contribution < 1.29 is 19.1 Å². The first-order chi connectivity index (χ1) is 18.5. The zero-order valence-electron chi connectivity index (χ0n) is 20.9. The molecular formula is C32H26N2O4. The van der Waals surface area contributed by atoms with E-state index in [-0.39, 0.29) is 29.2 Å². The molecule has 0 radical (unpaired) electrons. The normalized spacial score (nSPS) is 18.8. The molecule has 3 amide bonds. The number of carbonyl (C=O) groups is 3. The summed E-state index contributed by atoms with van der Waals surface area (Å²) in [6.45, 7) is 1.98. The van der Waals surface area contributed by atoms with Crippen LogP contribution in [0.25, 0.3) is 10.8 Å². The molecule has 1 heterocycles. The lowest BCUT2D eigenvalue weighted by Crippen LogP contribution is -2.33. The average molecular weight is 503 g/mol. The van der Waals surface area contributed by atoms with Crippen molar-refractivity contribution in [2.24, 2.45) is 11.8 Å². The van der Waals surface area contributed by atoms with Crippen LogP contribution >= 0.6 is 0 Å². The SMILES string of the molecule is CC1=CC[C@@H]2C(=O)N(c3ccccc3C(=O)Nc3ccc(Oc4cccc5ccccc45)cc3)C(=O)[C@H]2C1. The first-order valence-corrected chi connectivity index (χ1v) is 12.7. The molecule has 0 saturated carbocycles. The van der Waals surface area contributed by atoms with Crippen molar-refractivity contribution in [1.29, 1.82) is 0 Å². The highest BCUT2D eigenvalue weighted by molar-refractivity contribution is 6.25. The number of imide groups is 1. The molecule has 6 nitrogen and oxygen atoms in total. The van der Waals surface area contributed by atoms with E-state index in [1.54, 1.807) is 48.5 Å². The summed E-state index contributed by atoms with van der Waals surface area (Å²) in [7, 11) is 0. The van der Waals surface area contributed by atoms with Crippen LogP contribution in [0.2, 0.25) is 0 Å². The van der Waals surface area contributed by atoms with Gasteiger partial charge in [0.25, 0.3) is 5.91 Å². The van der Waals surface area contributed by atoms with Gasteiger partial charge in [-0.3, -0.25) is 14.4 Å². The van der Waals surface area contributed by atoms with E-state index in [9.17, 15) is 14.4 Å². The molecule has 2 aliphatic rings. The van der Waals surface area contributed by atoms with Crippen molar-refractivity contribution in [3.8, 4) is 11.5 Å². The monoisotopic (exact) mass is 502 g/mol. The second kappa shape index (κ2) is 9.63. The van der Waals surface area contributed by atoms with Crippen molar-refractivity contribution in [3.05, 3.63) is 108 Å². The van der Waals surface area contributed by atoms with Crippen molar-refractivity contribution in [2.45, 2.75) is 19.8 Å². The molecule has 0 unspecified atom stereocenters. The third-order valence-corrected chi connectivity index (χ3v) is 7.30. The van der Waals surface area contributed by atoms with E-state index < -0.39 is 5.91 Å². The van der Waals surface area contributed by atoms with E-state index in [0.29, 0.717) is 30.0 Å². The zero-order chi connectivity index (χ0) is 26.2. The maximum atomic E-state index is 13.3. The Bertz CT molecular complexity index is 1600. The molecule has 1 fully saturated rings. The van der Waals surface area contributed by atoms with E-state index in [0.717, 1.165) is 22.1 Å². The van der Waals surface area contributed by atoms with Crippen molar-refractivity contribution in [3.63, 3.8) is 0 Å². The van der Waals surface area contributed by atoms with Crippen LogP contribution in [0.5, 0.6) is 11.5 Å².